The third kappa shape index (κ3) is 3.04. The SMILES string of the molecule is CC(C)Oc1ncccc1CNCC1CC2C=CC1C2. The Kier molecular flexibility index (Phi) is 4.06. The molecule has 3 unspecified atom stereocenters. The van der Waals surface area contributed by atoms with E-state index >= 15 is 0 Å². The molecule has 0 saturated heterocycles. The highest BCUT2D eigenvalue weighted by Crippen LogP contribution is 2.42. The van der Waals surface area contributed by atoms with Crippen molar-refractivity contribution in [2.45, 2.75) is 39.3 Å². The quantitative estimate of drug-likeness (QED) is 0.808. The van der Waals surface area contributed by atoms with Crippen molar-refractivity contribution in [3.05, 3.63) is 36.0 Å². The van der Waals surface area contributed by atoms with Gasteiger partial charge in [-0.05, 0) is 57.1 Å². The number of rotatable bonds is 6. The highest BCUT2D eigenvalue weighted by molar-refractivity contribution is 5.25. The minimum atomic E-state index is 0.166. The molecule has 2 aliphatic rings. The number of pyridine rings is 1. The lowest BCUT2D eigenvalue weighted by Crippen LogP contribution is -2.25. The minimum Gasteiger partial charge on any atom is -0.475 e. The molecule has 2 bridgehead atoms. The number of aromatic nitrogens is 1. The van der Waals surface area contributed by atoms with Gasteiger partial charge in [0.1, 0.15) is 0 Å². The third-order valence-electron chi connectivity index (χ3n) is 4.34. The first-order valence-electron chi connectivity index (χ1n) is 7.72. The molecule has 0 spiro atoms. The Balaban J connectivity index is 1.52. The standard InChI is InChI=1S/C17H24N2O/c1-12(2)20-17-15(4-3-7-19-17)10-18-11-16-9-13-5-6-14(16)8-13/h3-7,12-14,16,18H,8-11H2,1-2H3. The fourth-order valence-electron chi connectivity index (χ4n) is 3.41. The fraction of sp³-hybridized carbons (Fsp3) is 0.588. The molecule has 3 rings (SSSR count). The van der Waals surface area contributed by atoms with Crippen molar-refractivity contribution in [1.82, 2.24) is 10.3 Å². The van der Waals surface area contributed by atoms with Crippen LogP contribution in [0.5, 0.6) is 5.88 Å². The van der Waals surface area contributed by atoms with Gasteiger partial charge in [0.2, 0.25) is 5.88 Å². The monoisotopic (exact) mass is 272 g/mol. The summed E-state index contributed by atoms with van der Waals surface area (Å²) < 4.78 is 5.75. The van der Waals surface area contributed by atoms with Crippen molar-refractivity contribution in [2.75, 3.05) is 6.54 Å². The Hall–Kier alpha value is -1.35. The molecular formula is C17H24N2O. The summed E-state index contributed by atoms with van der Waals surface area (Å²) >= 11 is 0. The maximum absolute atomic E-state index is 5.75. The molecule has 1 aromatic rings. The number of hydrogen-bond donors (Lipinski definition) is 1. The van der Waals surface area contributed by atoms with Gasteiger partial charge in [0.25, 0.3) is 0 Å². The highest BCUT2D eigenvalue weighted by Gasteiger charge is 2.34. The van der Waals surface area contributed by atoms with E-state index in [1.54, 1.807) is 6.20 Å². The molecule has 20 heavy (non-hydrogen) atoms. The molecule has 1 aromatic heterocycles. The van der Waals surface area contributed by atoms with Crippen molar-refractivity contribution in [1.29, 1.82) is 0 Å². The van der Waals surface area contributed by atoms with E-state index in [1.807, 2.05) is 19.9 Å². The molecule has 3 nitrogen and oxygen atoms in total. The predicted octanol–water partition coefficient (Wildman–Crippen LogP) is 3.17. The molecule has 3 atom stereocenters. The lowest BCUT2D eigenvalue weighted by molar-refractivity contribution is 0.229. The van der Waals surface area contributed by atoms with Gasteiger partial charge in [-0.15, -0.1) is 0 Å². The van der Waals surface area contributed by atoms with Crippen LogP contribution < -0.4 is 10.1 Å². The van der Waals surface area contributed by atoms with Crippen molar-refractivity contribution < 1.29 is 4.74 Å². The molecule has 108 valence electrons. The van der Waals surface area contributed by atoms with Crippen LogP contribution in [-0.4, -0.2) is 17.6 Å². The van der Waals surface area contributed by atoms with Gasteiger partial charge in [0.15, 0.2) is 0 Å². The summed E-state index contributed by atoms with van der Waals surface area (Å²) in [6, 6.07) is 4.07. The van der Waals surface area contributed by atoms with E-state index in [2.05, 4.69) is 28.5 Å². The number of ether oxygens (including phenoxy) is 1. The van der Waals surface area contributed by atoms with Gasteiger partial charge >= 0.3 is 0 Å². The zero-order valence-corrected chi connectivity index (χ0v) is 12.4. The van der Waals surface area contributed by atoms with Crippen LogP contribution in [-0.2, 0) is 6.54 Å². The van der Waals surface area contributed by atoms with Gasteiger partial charge in [-0.1, -0.05) is 18.2 Å². The summed E-state index contributed by atoms with van der Waals surface area (Å²) in [4.78, 5) is 4.33. The van der Waals surface area contributed by atoms with E-state index in [0.29, 0.717) is 0 Å². The second-order valence-corrected chi connectivity index (χ2v) is 6.31. The van der Waals surface area contributed by atoms with Gasteiger partial charge in [0, 0.05) is 18.3 Å². The highest BCUT2D eigenvalue weighted by atomic mass is 16.5. The zero-order valence-electron chi connectivity index (χ0n) is 12.4. The normalized spacial score (nSPS) is 27.4. The second-order valence-electron chi connectivity index (χ2n) is 6.31. The summed E-state index contributed by atoms with van der Waals surface area (Å²) in [5.41, 5.74) is 1.15. The van der Waals surface area contributed by atoms with Crippen molar-refractivity contribution >= 4 is 0 Å². The first kappa shape index (κ1) is 13.6. The van der Waals surface area contributed by atoms with Gasteiger partial charge in [0.05, 0.1) is 6.10 Å². The Morgan fingerprint density at radius 3 is 2.95 bits per heavy atom. The van der Waals surface area contributed by atoms with Crippen molar-refractivity contribution in [3.8, 4) is 5.88 Å². The lowest BCUT2D eigenvalue weighted by atomic mass is 9.93. The Labute approximate surface area is 121 Å². The number of nitrogens with one attached hydrogen (secondary N) is 1. The molecule has 1 fully saturated rings. The Morgan fingerprint density at radius 1 is 1.35 bits per heavy atom. The van der Waals surface area contributed by atoms with Crippen LogP contribution >= 0.6 is 0 Å². The van der Waals surface area contributed by atoms with E-state index in [4.69, 9.17) is 4.74 Å². The van der Waals surface area contributed by atoms with Crippen LogP contribution in [0, 0.1) is 17.8 Å². The summed E-state index contributed by atoms with van der Waals surface area (Å²) in [6.07, 6.45) is 9.51. The molecule has 2 aliphatic carbocycles. The van der Waals surface area contributed by atoms with Crippen molar-refractivity contribution in [2.24, 2.45) is 17.8 Å². The van der Waals surface area contributed by atoms with Gasteiger partial charge in [-0.25, -0.2) is 4.98 Å². The fourth-order valence-corrected chi connectivity index (χ4v) is 3.41. The summed E-state index contributed by atoms with van der Waals surface area (Å²) in [5.74, 6) is 3.25. The predicted molar refractivity (Wildman–Crippen MR) is 80.6 cm³/mol. The summed E-state index contributed by atoms with van der Waals surface area (Å²) in [7, 11) is 0. The molecular weight excluding hydrogens is 248 g/mol. The van der Waals surface area contributed by atoms with E-state index in [9.17, 15) is 0 Å². The van der Waals surface area contributed by atoms with E-state index in [1.165, 1.54) is 12.8 Å². The van der Waals surface area contributed by atoms with Crippen LogP contribution in [0.3, 0.4) is 0 Å². The van der Waals surface area contributed by atoms with Gasteiger partial charge < -0.3 is 10.1 Å². The molecule has 0 aromatic carbocycles. The number of fused-ring (bicyclic) bond motifs is 2. The van der Waals surface area contributed by atoms with Crippen LogP contribution in [0.25, 0.3) is 0 Å². The van der Waals surface area contributed by atoms with E-state index in [-0.39, 0.29) is 6.10 Å². The zero-order chi connectivity index (χ0) is 13.9. The van der Waals surface area contributed by atoms with Crippen LogP contribution in [0.2, 0.25) is 0 Å². The smallest absolute Gasteiger partial charge is 0.218 e. The van der Waals surface area contributed by atoms with E-state index < -0.39 is 0 Å². The van der Waals surface area contributed by atoms with Gasteiger partial charge in [-0.3, -0.25) is 0 Å². The largest absolute Gasteiger partial charge is 0.475 e. The molecule has 1 heterocycles. The lowest BCUT2D eigenvalue weighted by Gasteiger charge is -2.19. The topological polar surface area (TPSA) is 34.1 Å². The minimum absolute atomic E-state index is 0.166. The van der Waals surface area contributed by atoms with Crippen molar-refractivity contribution in [3.63, 3.8) is 0 Å². The number of nitrogens with zero attached hydrogens (tertiary/aromatic N) is 1. The average molecular weight is 272 g/mol. The molecule has 0 radical (unpaired) electrons. The average Bonchev–Trinajstić information content (AvgIpc) is 3.02. The maximum atomic E-state index is 5.75. The maximum Gasteiger partial charge on any atom is 0.218 e. The Morgan fingerprint density at radius 2 is 2.25 bits per heavy atom. The molecule has 3 heteroatoms. The van der Waals surface area contributed by atoms with Crippen LogP contribution in [0.15, 0.2) is 30.5 Å². The summed E-state index contributed by atoms with van der Waals surface area (Å²) in [5, 5.41) is 3.59. The molecule has 0 aliphatic heterocycles. The number of allylic oxidation sites excluding steroid dienone is 2. The number of hydrogen-bond acceptors (Lipinski definition) is 3. The van der Waals surface area contributed by atoms with Gasteiger partial charge in [-0.2, -0.15) is 0 Å². The third-order valence-corrected chi connectivity index (χ3v) is 4.34. The Bertz CT molecular complexity index is 484. The van der Waals surface area contributed by atoms with Crippen LogP contribution in [0.1, 0.15) is 32.3 Å². The first-order chi connectivity index (χ1) is 9.72. The second kappa shape index (κ2) is 5.96. The first-order valence-corrected chi connectivity index (χ1v) is 7.72. The molecule has 1 saturated carbocycles. The van der Waals surface area contributed by atoms with E-state index in [0.717, 1.165) is 42.3 Å². The molecule has 1 N–H and O–H groups in total. The summed E-state index contributed by atoms with van der Waals surface area (Å²) in [6.45, 7) is 6.01. The van der Waals surface area contributed by atoms with Crippen LogP contribution in [0.4, 0.5) is 0 Å². The molecule has 0 amide bonds.